The Morgan fingerprint density at radius 3 is 2.56 bits per heavy atom. The minimum absolute atomic E-state index is 0.00727. The lowest BCUT2D eigenvalue weighted by molar-refractivity contribution is -0.133. The summed E-state index contributed by atoms with van der Waals surface area (Å²) in [6.45, 7) is 3.32. The molecule has 0 atom stereocenters. The molecular weight excluding hydrogens is 328 g/mol. The van der Waals surface area contributed by atoms with Gasteiger partial charge in [-0.25, -0.2) is 4.79 Å². The van der Waals surface area contributed by atoms with Crippen molar-refractivity contribution in [2.75, 3.05) is 26.8 Å². The smallest absolute Gasteiger partial charge is 0.339 e. The fraction of sp³-hybridized carbons (Fsp3) is 0.588. The molecule has 0 saturated carbocycles. The molecular formula is C17H24N2O6. The fourth-order valence-corrected chi connectivity index (χ4v) is 2.86. The van der Waals surface area contributed by atoms with Crippen molar-refractivity contribution in [3.63, 3.8) is 0 Å². The second-order valence-corrected chi connectivity index (χ2v) is 5.98. The number of nitrogens with zero attached hydrogens (tertiary/aromatic N) is 1. The zero-order chi connectivity index (χ0) is 18.4. The molecule has 1 aromatic heterocycles. The summed E-state index contributed by atoms with van der Waals surface area (Å²) in [6.07, 6.45) is 2.06. The van der Waals surface area contributed by atoms with Crippen LogP contribution in [0.5, 0.6) is 0 Å². The number of aromatic carboxylic acids is 1. The number of furan rings is 1. The summed E-state index contributed by atoms with van der Waals surface area (Å²) in [7, 11) is 1.56. The van der Waals surface area contributed by atoms with E-state index in [1.165, 1.54) is 6.07 Å². The summed E-state index contributed by atoms with van der Waals surface area (Å²) in [5.41, 5.74) is 0.0196. The second-order valence-electron chi connectivity index (χ2n) is 5.98. The van der Waals surface area contributed by atoms with E-state index >= 15 is 0 Å². The van der Waals surface area contributed by atoms with Gasteiger partial charge in [0.15, 0.2) is 5.76 Å². The molecule has 1 aliphatic heterocycles. The number of ether oxygens (including phenoxy) is 1. The lowest BCUT2D eigenvalue weighted by atomic mass is 10.0. The number of carboxylic acid groups (broad SMARTS) is 1. The van der Waals surface area contributed by atoms with Crippen LogP contribution in [0.2, 0.25) is 0 Å². The SMILES string of the molecule is CCc1oc(C(=O)NC2CCN(C(=O)CCOC)CC2)cc1C(=O)O. The first-order valence-electron chi connectivity index (χ1n) is 8.39. The Morgan fingerprint density at radius 1 is 1.36 bits per heavy atom. The van der Waals surface area contributed by atoms with E-state index in [-0.39, 0.29) is 29.0 Å². The molecule has 25 heavy (non-hydrogen) atoms. The minimum Gasteiger partial charge on any atom is -0.478 e. The van der Waals surface area contributed by atoms with Gasteiger partial charge in [-0.05, 0) is 12.8 Å². The fourth-order valence-electron chi connectivity index (χ4n) is 2.86. The number of carboxylic acids is 1. The number of aryl methyl sites for hydroxylation is 1. The van der Waals surface area contributed by atoms with E-state index in [9.17, 15) is 14.4 Å². The number of carbonyl (C=O) groups excluding carboxylic acids is 2. The first kappa shape index (κ1) is 19.0. The Hall–Kier alpha value is -2.35. The van der Waals surface area contributed by atoms with Crippen LogP contribution in [-0.2, 0) is 16.0 Å². The summed E-state index contributed by atoms with van der Waals surface area (Å²) in [4.78, 5) is 37.1. The molecule has 0 aromatic carbocycles. The number of amides is 2. The lowest BCUT2D eigenvalue weighted by Crippen LogP contribution is -2.46. The van der Waals surface area contributed by atoms with E-state index in [0.717, 1.165) is 0 Å². The third-order valence-electron chi connectivity index (χ3n) is 4.29. The van der Waals surface area contributed by atoms with Gasteiger partial charge < -0.3 is 24.5 Å². The number of piperidine rings is 1. The largest absolute Gasteiger partial charge is 0.478 e. The molecule has 138 valence electrons. The highest BCUT2D eigenvalue weighted by Crippen LogP contribution is 2.18. The maximum absolute atomic E-state index is 12.3. The molecule has 8 heteroatoms. The first-order valence-corrected chi connectivity index (χ1v) is 8.39. The molecule has 0 bridgehead atoms. The summed E-state index contributed by atoms with van der Waals surface area (Å²) < 4.78 is 10.3. The maximum Gasteiger partial charge on any atom is 0.339 e. The van der Waals surface area contributed by atoms with E-state index in [2.05, 4.69) is 5.32 Å². The Bertz CT molecular complexity index is 631. The van der Waals surface area contributed by atoms with Crippen LogP contribution in [0.4, 0.5) is 0 Å². The molecule has 0 aliphatic carbocycles. The molecule has 1 aliphatic rings. The van der Waals surface area contributed by atoms with Gasteiger partial charge >= 0.3 is 5.97 Å². The normalized spacial score (nSPS) is 15.2. The number of methoxy groups -OCH3 is 1. The lowest BCUT2D eigenvalue weighted by Gasteiger charge is -2.32. The maximum atomic E-state index is 12.3. The quantitative estimate of drug-likeness (QED) is 0.765. The number of nitrogens with one attached hydrogen (secondary N) is 1. The van der Waals surface area contributed by atoms with Gasteiger partial charge in [0, 0.05) is 38.7 Å². The highest BCUT2D eigenvalue weighted by Gasteiger charge is 2.26. The first-order chi connectivity index (χ1) is 12.0. The molecule has 1 saturated heterocycles. The number of carbonyl (C=O) groups is 3. The van der Waals surface area contributed by atoms with Crippen LogP contribution in [0.1, 0.15) is 52.9 Å². The van der Waals surface area contributed by atoms with Gasteiger partial charge in [-0.3, -0.25) is 9.59 Å². The van der Waals surface area contributed by atoms with Crippen molar-refractivity contribution in [2.45, 2.75) is 38.6 Å². The zero-order valence-corrected chi connectivity index (χ0v) is 14.5. The molecule has 0 spiro atoms. The topological polar surface area (TPSA) is 109 Å². The average Bonchev–Trinajstić information content (AvgIpc) is 3.05. The molecule has 2 rings (SSSR count). The van der Waals surface area contributed by atoms with Gasteiger partial charge in [-0.2, -0.15) is 0 Å². The van der Waals surface area contributed by atoms with Crippen molar-refractivity contribution >= 4 is 17.8 Å². The second kappa shape index (κ2) is 8.66. The summed E-state index contributed by atoms with van der Waals surface area (Å²) >= 11 is 0. The predicted molar refractivity (Wildman–Crippen MR) is 88.6 cm³/mol. The van der Waals surface area contributed by atoms with Crippen LogP contribution >= 0.6 is 0 Å². The molecule has 2 amide bonds. The van der Waals surface area contributed by atoms with Gasteiger partial charge in [-0.15, -0.1) is 0 Å². The van der Waals surface area contributed by atoms with Crippen molar-refractivity contribution in [1.82, 2.24) is 10.2 Å². The number of hydrogen-bond donors (Lipinski definition) is 2. The summed E-state index contributed by atoms with van der Waals surface area (Å²) in [5, 5.41) is 12.0. The molecule has 8 nitrogen and oxygen atoms in total. The van der Waals surface area contributed by atoms with Gasteiger partial charge in [0.1, 0.15) is 11.3 Å². The molecule has 1 aromatic rings. The van der Waals surface area contributed by atoms with Gasteiger partial charge in [-0.1, -0.05) is 6.92 Å². The van der Waals surface area contributed by atoms with Crippen LogP contribution in [-0.4, -0.2) is 60.6 Å². The van der Waals surface area contributed by atoms with Crippen molar-refractivity contribution < 1.29 is 28.6 Å². The highest BCUT2D eigenvalue weighted by atomic mass is 16.5. The van der Waals surface area contributed by atoms with Crippen LogP contribution in [0.3, 0.4) is 0 Å². The number of likely N-dealkylation sites (tertiary alicyclic amines) is 1. The standard InChI is InChI=1S/C17H24N2O6/c1-3-13-12(17(22)23)10-14(25-13)16(21)18-11-4-7-19(8-5-11)15(20)6-9-24-2/h10-11H,3-9H2,1-2H3,(H,18,21)(H,22,23). The van der Waals surface area contributed by atoms with Gasteiger partial charge in [0.25, 0.3) is 5.91 Å². The highest BCUT2D eigenvalue weighted by molar-refractivity contribution is 5.96. The minimum atomic E-state index is -1.11. The van der Waals surface area contributed by atoms with E-state index < -0.39 is 11.9 Å². The zero-order valence-electron chi connectivity index (χ0n) is 14.5. The van der Waals surface area contributed by atoms with Crippen molar-refractivity contribution in [1.29, 1.82) is 0 Å². The van der Waals surface area contributed by atoms with Crippen LogP contribution in [0.15, 0.2) is 10.5 Å². The average molecular weight is 352 g/mol. The molecule has 1 fully saturated rings. The summed E-state index contributed by atoms with van der Waals surface area (Å²) in [5.74, 6) is -1.19. The third kappa shape index (κ3) is 4.82. The van der Waals surface area contributed by atoms with Crippen LogP contribution in [0.25, 0.3) is 0 Å². The van der Waals surface area contributed by atoms with Crippen LogP contribution in [0, 0.1) is 0 Å². The number of hydrogen-bond acceptors (Lipinski definition) is 5. The molecule has 0 radical (unpaired) electrons. The number of rotatable bonds is 7. The molecule has 2 N–H and O–H groups in total. The van der Waals surface area contributed by atoms with Gasteiger partial charge in [0.2, 0.25) is 5.91 Å². The monoisotopic (exact) mass is 352 g/mol. The molecule has 2 heterocycles. The van der Waals surface area contributed by atoms with E-state index in [1.54, 1.807) is 18.9 Å². The van der Waals surface area contributed by atoms with Crippen molar-refractivity contribution in [2.24, 2.45) is 0 Å². The molecule has 0 unspecified atom stereocenters. The Labute approximate surface area is 146 Å². The summed E-state index contributed by atoms with van der Waals surface area (Å²) in [6, 6.07) is 1.20. The predicted octanol–water partition coefficient (Wildman–Crippen LogP) is 1.30. The Morgan fingerprint density at radius 2 is 2.04 bits per heavy atom. The van der Waals surface area contributed by atoms with Crippen LogP contribution < -0.4 is 5.32 Å². The van der Waals surface area contributed by atoms with Gasteiger partial charge in [0.05, 0.1) is 13.0 Å². The van der Waals surface area contributed by atoms with E-state index in [0.29, 0.717) is 45.4 Å². The van der Waals surface area contributed by atoms with E-state index in [4.69, 9.17) is 14.3 Å². The van der Waals surface area contributed by atoms with Crippen molar-refractivity contribution in [3.8, 4) is 0 Å². The Balaban J connectivity index is 1.88. The third-order valence-corrected chi connectivity index (χ3v) is 4.29. The Kier molecular flexibility index (Phi) is 6.58. The van der Waals surface area contributed by atoms with E-state index in [1.807, 2.05) is 0 Å². The van der Waals surface area contributed by atoms with Crippen molar-refractivity contribution in [3.05, 3.63) is 23.2 Å².